The first-order valence-electron chi connectivity index (χ1n) is 3.41. The van der Waals surface area contributed by atoms with E-state index in [1.807, 2.05) is 6.07 Å². The number of aromatic nitrogens is 1. The largest absolute Gasteiger partial charge is 0.359 e. The number of terminal acetylenes is 1. The number of hydrogen-bond donors (Lipinski definition) is 1. The highest BCUT2D eigenvalue weighted by atomic mass is 15.0. The molecule has 1 N–H and O–H groups in total. The number of pyridine rings is 1. The van der Waals surface area contributed by atoms with E-state index in [-0.39, 0.29) is 0 Å². The zero-order valence-electron chi connectivity index (χ0n) is 6.41. The average Bonchev–Trinajstić information content (AvgIpc) is 2.15. The Kier molecular flexibility index (Phi) is 2.70. The van der Waals surface area contributed by atoms with Crippen LogP contribution in [0.4, 0.5) is 5.82 Å². The third-order valence-corrected chi connectivity index (χ3v) is 1.24. The predicted octanol–water partition coefficient (Wildman–Crippen LogP) is 0.998. The molecule has 12 heavy (non-hydrogen) atoms. The predicted molar refractivity (Wildman–Crippen MR) is 46.3 cm³/mol. The first-order valence-corrected chi connectivity index (χ1v) is 3.41. The highest BCUT2D eigenvalue weighted by Gasteiger charge is 1.93. The van der Waals surface area contributed by atoms with E-state index in [1.165, 1.54) is 0 Å². The van der Waals surface area contributed by atoms with E-state index in [0.29, 0.717) is 18.1 Å². The molecule has 1 rings (SSSR count). The van der Waals surface area contributed by atoms with Gasteiger partial charge in [-0.15, -0.1) is 6.42 Å². The Balaban J connectivity index is 2.76. The highest BCUT2D eigenvalue weighted by Crippen LogP contribution is 2.02. The topological polar surface area (TPSA) is 48.7 Å². The Hall–Kier alpha value is -2.00. The van der Waals surface area contributed by atoms with E-state index in [9.17, 15) is 0 Å². The van der Waals surface area contributed by atoms with Gasteiger partial charge in [0.15, 0.2) is 0 Å². The lowest BCUT2D eigenvalue weighted by Gasteiger charge is -1.99. The van der Waals surface area contributed by atoms with Gasteiger partial charge in [-0.2, -0.15) is 5.26 Å². The molecule has 0 atom stereocenters. The molecule has 0 bridgehead atoms. The van der Waals surface area contributed by atoms with Crippen LogP contribution in [0.3, 0.4) is 0 Å². The van der Waals surface area contributed by atoms with E-state index in [4.69, 9.17) is 11.7 Å². The summed E-state index contributed by atoms with van der Waals surface area (Å²) in [5.74, 6) is 3.05. The number of anilines is 1. The Morgan fingerprint density at radius 3 is 3.08 bits per heavy atom. The SMILES string of the molecule is C#CCNc1cccc(C#N)n1. The molecule has 1 aromatic rings. The number of nitrogens with zero attached hydrogens (tertiary/aromatic N) is 2. The summed E-state index contributed by atoms with van der Waals surface area (Å²) in [4.78, 5) is 3.96. The smallest absolute Gasteiger partial charge is 0.142 e. The second-order valence-electron chi connectivity index (χ2n) is 2.08. The Morgan fingerprint density at radius 1 is 1.58 bits per heavy atom. The summed E-state index contributed by atoms with van der Waals surface area (Å²) in [6.07, 6.45) is 5.04. The van der Waals surface area contributed by atoms with Crippen LogP contribution in [0.25, 0.3) is 0 Å². The van der Waals surface area contributed by atoms with Crippen LogP contribution in [0.15, 0.2) is 18.2 Å². The van der Waals surface area contributed by atoms with Crippen molar-refractivity contribution < 1.29 is 0 Å². The summed E-state index contributed by atoms with van der Waals surface area (Å²) in [6, 6.07) is 7.10. The fourth-order valence-corrected chi connectivity index (χ4v) is 0.737. The van der Waals surface area contributed by atoms with Gasteiger partial charge in [0.25, 0.3) is 0 Å². The van der Waals surface area contributed by atoms with Gasteiger partial charge in [-0.3, -0.25) is 0 Å². The zero-order chi connectivity index (χ0) is 8.81. The van der Waals surface area contributed by atoms with E-state index < -0.39 is 0 Å². The Morgan fingerprint density at radius 2 is 2.42 bits per heavy atom. The van der Waals surface area contributed by atoms with Gasteiger partial charge in [0, 0.05) is 0 Å². The molecule has 0 saturated heterocycles. The molecule has 3 heteroatoms. The normalized spacial score (nSPS) is 8.17. The van der Waals surface area contributed by atoms with Gasteiger partial charge in [-0.05, 0) is 12.1 Å². The van der Waals surface area contributed by atoms with Crippen molar-refractivity contribution in [1.82, 2.24) is 4.98 Å². The molecule has 1 aromatic heterocycles. The van der Waals surface area contributed by atoms with Gasteiger partial charge in [0.1, 0.15) is 17.6 Å². The summed E-state index contributed by atoms with van der Waals surface area (Å²) >= 11 is 0. The summed E-state index contributed by atoms with van der Waals surface area (Å²) in [6.45, 7) is 0.419. The standard InChI is InChI=1S/C9H7N3/c1-2-6-11-9-5-3-4-8(7-10)12-9/h1,3-5H,6H2,(H,11,12). The molecule has 0 radical (unpaired) electrons. The lowest BCUT2D eigenvalue weighted by molar-refractivity contribution is 1.21. The molecule has 0 aliphatic rings. The van der Waals surface area contributed by atoms with Gasteiger partial charge in [0.2, 0.25) is 0 Å². The van der Waals surface area contributed by atoms with Crippen LogP contribution in [0, 0.1) is 23.7 Å². The Labute approximate surface area is 71.1 Å². The second kappa shape index (κ2) is 4.00. The minimum absolute atomic E-state index is 0.386. The summed E-state index contributed by atoms with van der Waals surface area (Å²) in [5, 5.41) is 11.4. The Bertz CT molecular complexity index is 344. The van der Waals surface area contributed by atoms with Gasteiger partial charge >= 0.3 is 0 Å². The van der Waals surface area contributed by atoms with E-state index >= 15 is 0 Å². The maximum absolute atomic E-state index is 8.51. The highest BCUT2D eigenvalue weighted by molar-refractivity contribution is 5.39. The van der Waals surface area contributed by atoms with E-state index in [1.54, 1.807) is 18.2 Å². The lowest BCUT2D eigenvalue weighted by atomic mass is 10.3. The van der Waals surface area contributed by atoms with E-state index in [0.717, 1.165) is 0 Å². The molecule has 0 aliphatic heterocycles. The van der Waals surface area contributed by atoms with Crippen LogP contribution in [0.1, 0.15) is 5.69 Å². The molecule has 0 amide bonds. The first-order chi connectivity index (χ1) is 5.86. The summed E-state index contributed by atoms with van der Waals surface area (Å²) < 4.78 is 0. The third kappa shape index (κ3) is 2.00. The van der Waals surface area contributed by atoms with Crippen molar-refractivity contribution in [3.05, 3.63) is 23.9 Å². The van der Waals surface area contributed by atoms with Gasteiger partial charge < -0.3 is 5.32 Å². The van der Waals surface area contributed by atoms with Crippen molar-refractivity contribution in [3.63, 3.8) is 0 Å². The minimum atomic E-state index is 0.386. The molecule has 58 valence electrons. The summed E-state index contributed by atoms with van der Waals surface area (Å²) in [7, 11) is 0. The maximum atomic E-state index is 8.51. The molecule has 3 nitrogen and oxygen atoms in total. The van der Waals surface area contributed by atoms with Crippen LogP contribution in [0.5, 0.6) is 0 Å². The molecular weight excluding hydrogens is 150 g/mol. The molecular formula is C9H7N3. The monoisotopic (exact) mass is 157 g/mol. The van der Waals surface area contributed by atoms with Crippen molar-refractivity contribution in [3.8, 4) is 18.4 Å². The van der Waals surface area contributed by atoms with Crippen molar-refractivity contribution >= 4 is 5.82 Å². The number of nitrogens with one attached hydrogen (secondary N) is 1. The number of rotatable bonds is 2. The fraction of sp³-hybridized carbons (Fsp3) is 0.111. The maximum Gasteiger partial charge on any atom is 0.142 e. The van der Waals surface area contributed by atoms with Crippen LogP contribution in [-0.2, 0) is 0 Å². The van der Waals surface area contributed by atoms with E-state index in [2.05, 4.69) is 16.2 Å². The van der Waals surface area contributed by atoms with Crippen molar-refractivity contribution in [2.24, 2.45) is 0 Å². The lowest BCUT2D eigenvalue weighted by Crippen LogP contribution is -2.00. The van der Waals surface area contributed by atoms with Gasteiger partial charge in [-0.1, -0.05) is 12.0 Å². The molecule has 1 heterocycles. The molecule has 0 spiro atoms. The van der Waals surface area contributed by atoms with Crippen molar-refractivity contribution in [1.29, 1.82) is 5.26 Å². The molecule has 0 aromatic carbocycles. The van der Waals surface area contributed by atoms with Crippen molar-refractivity contribution in [2.45, 2.75) is 0 Å². The fourth-order valence-electron chi connectivity index (χ4n) is 0.737. The molecule has 0 aliphatic carbocycles. The van der Waals surface area contributed by atoms with Crippen LogP contribution >= 0.6 is 0 Å². The minimum Gasteiger partial charge on any atom is -0.359 e. The van der Waals surface area contributed by atoms with Crippen LogP contribution in [-0.4, -0.2) is 11.5 Å². The quantitative estimate of drug-likeness (QED) is 0.651. The second-order valence-corrected chi connectivity index (χ2v) is 2.08. The summed E-state index contributed by atoms with van der Waals surface area (Å²) in [5.41, 5.74) is 0.386. The number of nitriles is 1. The molecule has 0 saturated carbocycles. The zero-order valence-corrected chi connectivity index (χ0v) is 6.41. The van der Waals surface area contributed by atoms with Crippen molar-refractivity contribution in [2.75, 3.05) is 11.9 Å². The number of hydrogen-bond acceptors (Lipinski definition) is 3. The molecule has 0 fully saturated rings. The molecule has 0 unspecified atom stereocenters. The van der Waals surface area contributed by atoms with Crippen LogP contribution in [0.2, 0.25) is 0 Å². The van der Waals surface area contributed by atoms with Crippen LogP contribution < -0.4 is 5.32 Å². The van der Waals surface area contributed by atoms with Gasteiger partial charge in [0.05, 0.1) is 6.54 Å². The third-order valence-electron chi connectivity index (χ3n) is 1.24. The van der Waals surface area contributed by atoms with Gasteiger partial charge in [-0.25, -0.2) is 4.98 Å². The average molecular weight is 157 g/mol. The first kappa shape index (κ1) is 8.10.